The van der Waals surface area contributed by atoms with Gasteiger partial charge in [-0.2, -0.15) is 10.1 Å². The van der Waals surface area contributed by atoms with Crippen molar-refractivity contribution >= 4 is 23.2 Å². The molecule has 0 bridgehead atoms. The van der Waals surface area contributed by atoms with Gasteiger partial charge in [0.25, 0.3) is 0 Å². The third-order valence-electron chi connectivity index (χ3n) is 4.30. The standard InChI is InChI=1S/C21H26N6O4/c1-21(2,3)20-25-19(31-26-20)10-9-17(28)24-15-11-22-27(12-15)13-18(29)23-14-5-7-16(30-4)8-6-14/h5-8,11-12H,9-10,13H2,1-4H3,(H,23,29)(H,24,28). The highest BCUT2D eigenvalue weighted by Crippen LogP contribution is 2.19. The van der Waals surface area contributed by atoms with Crippen LogP contribution in [0.5, 0.6) is 5.75 Å². The van der Waals surface area contributed by atoms with Gasteiger partial charge in [-0.3, -0.25) is 14.3 Å². The molecule has 0 saturated heterocycles. The zero-order chi connectivity index (χ0) is 22.4. The molecule has 0 aliphatic rings. The Morgan fingerprint density at radius 2 is 1.81 bits per heavy atom. The van der Waals surface area contributed by atoms with E-state index in [4.69, 9.17) is 9.26 Å². The van der Waals surface area contributed by atoms with Crippen molar-refractivity contribution in [3.05, 3.63) is 48.4 Å². The Balaban J connectivity index is 1.45. The van der Waals surface area contributed by atoms with E-state index in [1.807, 2.05) is 20.8 Å². The molecule has 2 N–H and O–H groups in total. The summed E-state index contributed by atoms with van der Waals surface area (Å²) in [6, 6.07) is 7.02. The van der Waals surface area contributed by atoms with Gasteiger partial charge in [0.2, 0.25) is 17.7 Å². The third kappa shape index (κ3) is 6.39. The molecule has 0 saturated carbocycles. The van der Waals surface area contributed by atoms with Crippen molar-refractivity contribution in [2.75, 3.05) is 17.7 Å². The Hall–Kier alpha value is -3.69. The number of carbonyl (C=O) groups excluding carboxylic acids is 2. The van der Waals surface area contributed by atoms with Crippen molar-refractivity contribution in [3.63, 3.8) is 0 Å². The number of benzene rings is 1. The molecular formula is C21H26N6O4. The summed E-state index contributed by atoms with van der Waals surface area (Å²) in [4.78, 5) is 28.7. The van der Waals surface area contributed by atoms with Crippen LogP contribution in [-0.4, -0.2) is 38.8 Å². The van der Waals surface area contributed by atoms with Gasteiger partial charge in [0, 0.05) is 30.1 Å². The number of amides is 2. The Bertz CT molecular complexity index is 1030. The minimum absolute atomic E-state index is 0.0134. The molecule has 0 aliphatic carbocycles. The summed E-state index contributed by atoms with van der Waals surface area (Å²) in [6.07, 6.45) is 3.61. The molecule has 2 heterocycles. The lowest BCUT2D eigenvalue weighted by molar-refractivity contribution is -0.117. The molecule has 10 nitrogen and oxygen atoms in total. The van der Waals surface area contributed by atoms with Gasteiger partial charge in [0.15, 0.2) is 5.82 Å². The van der Waals surface area contributed by atoms with E-state index < -0.39 is 0 Å². The lowest BCUT2D eigenvalue weighted by atomic mass is 9.96. The first-order chi connectivity index (χ1) is 14.7. The first-order valence-electron chi connectivity index (χ1n) is 9.82. The van der Waals surface area contributed by atoms with Crippen molar-refractivity contribution in [2.45, 2.75) is 45.6 Å². The van der Waals surface area contributed by atoms with Gasteiger partial charge < -0.3 is 19.9 Å². The fourth-order valence-corrected chi connectivity index (χ4v) is 2.64. The lowest BCUT2D eigenvalue weighted by Crippen LogP contribution is -2.19. The monoisotopic (exact) mass is 426 g/mol. The summed E-state index contributed by atoms with van der Waals surface area (Å²) in [5.41, 5.74) is 0.948. The molecular weight excluding hydrogens is 400 g/mol. The molecule has 0 aliphatic heterocycles. The fourth-order valence-electron chi connectivity index (χ4n) is 2.64. The summed E-state index contributed by atoms with van der Waals surface area (Å²) in [7, 11) is 1.58. The zero-order valence-electron chi connectivity index (χ0n) is 18.0. The van der Waals surface area contributed by atoms with E-state index in [0.717, 1.165) is 0 Å². The predicted octanol–water partition coefficient (Wildman–Crippen LogP) is 2.78. The molecule has 2 aromatic heterocycles. The van der Waals surface area contributed by atoms with Crippen LogP contribution >= 0.6 is 0 Å². The van der Waals surface area contributed by atoms with E-state index in [9.17, 15) is 9.59 Å². The van der Waals surface area contributed by atoms with E-state index in [1.54, 1.807) is 37.6 Å². The van der Waals surface area contributed by atoms with Gasteiger partial charge in [-0.25, -0.2) is 0 Å². The second kappa shape index (κ2) is 9.41. The van der Waals surface area contributed by atoms with Gasteiger partial charge >= 0.3 is 0 Å². The molecule has 0 fully saturated rings. The van der Waals surface area contributed by atoms with Crippen molar-refractivity contribution < 1.29 is 18.8 Å². The summed E-state index contributed by atoms with van der Waals surface area (Å²) in [5.74, 6) is 1.29. The van der Waals surface area contributed by atoms with Crippen LogP contribution in [0.2, 0.25) is 0 Å². The molecule has 0 unspecified atom stereocenters. The molecule has 0 radical (unpaired) electrons. The number of rotatable bonds is 8. The predicted molar refractivity (Wildman–Crippen MR) is 114 cm³/mol. The van der Waals surface area contributed by atoms with Crippen LogP contribution in [0.3, 0.4) is 0 Å². The van der Waals surface area contributed by atoms with Crippen LogP contribution in [0.1, 0.15) is 38.9 Å². The van der Waals surface area contributed by atoms with E-state index >= 15 is 0 Å². The first kappa shape index (κ1) is 22.0. The fraction of sp³-hybridized carbons (Fsp3) is 0.381. The maximum atomic E-state index is 12.2. The smallest absolute Gasteiger partial charge is 0.246 e. The van der Waals surface area contributed by atoms with Gasteiger partial charge in [0.1, 0.15) is 12.3 Å². The molecule has 3 rings (SSSR count). The largest absolute Gasteiger partial charge is 0.497 e. The molecule has 2 amide bonds. The highest BCUT2D eigenvalue weighted by molar-refractivity contribution is 5.91. The van der Waals surface area contributed by atoms with Crippen LogP contribution in [0.25, 0.3) is 0 Å². The topological polar surface area (TPSA) is 124 Å². The van der Waals surface area contributed by atoms with Gasteiger partial charge in [-0.1, -0.05) is 25.9 Å². The number of hydrogen-bond acceptors (Lipinski definition) is 7. The Morgan fingerprint density at radius 1 is 1.10 bits per heavy atom. The number of aromatic nitrogens is 4. The average molecular weight is 426 g/mol. The molecule has 10 heteroatoms. The number of ether oxygens (including phenoxy) is 1. The maximum absolute atomic E-state index is 12.2. The molecule has 3 aromatic rings. The summed E-state index contributed by atoms with van der Waals surface area (Å²) >= 11 is 0. The van der Waals surface area contributed by atoms with Crippen LogP contribution in [0.15, 0.2) is 41.2 Å². The molecule has 0 spiro atoms. The van der Waals surface area contributed by atoms with Crippen LogP contribution in [-0.2, 0) is 28.0 Å². The Kier molecular flexibility index (Phi) is 6.68. The van der Waals surface area contributed by atoms with Crippen LogP contribution in [0, 0.1) is 0 Å². The summed E-state index contributed by atoms with van der Waals surface area (Å²) in [6.45, 7) is 5.98. The minimum Gasteiger partial charge on any atom is -0.497 e. The van der Waals surface area contributed by atoms with Crippen molar-refractivity contribution in [3.8, 4) is 5.75 Å². The Labute approximate surface area is 180 Å². The second-order valence-corrected chi connectivity index (χ2v) is 8.01. The van der Waals surface area contributed by atoms with E-state index in [2.05, 4.69) is 25.9 Å². The number of methoxy groups -OCH3 is 1. The number of aryl methyl sites for hydroxylation is 1. The van der Waals surface area contributed by atoms with Gasteiger partial charge in [0.05, 0.1) is 19.0 Å². The minimum atomic E-state index is -0.239. The lowest BCUT2D eigenvalue weighted by Gasteiger charge is -2.10. The maximum Gasteiger partial charge on any atom is 0.246 e. The average Bonchev–Trinajstić information content (AvgIpc) is 3.36. The van der Waals surface area contributed by atoms with E-state index in [1.165, 1.54) is 10.9 Å². The Morgan fingerprint density at radius 3 is 2.45 bits per heavy atom. The summed E-state index contributed by atoms with van der Waals surface area (Å²) < 4.78 is 11.7. The molecule has 1 aromatic carbocycles. The SMILES string of the molecule is COc1ccc(NC(=O)Cn2cc(NC(=O)CCc3nc(C(C)(C)C)no3)cn2)cc1. The number of nitrogens with one attached hydrogen (secondary N) is 2. The molecule has 0 atom stereocenters. The zero-order valence-corrected chi connectivity index (χ0v) is 18.0. The van der Waals surface area contributed by atoms with Crippen LogP contribution < -0.4 is 15.4 Å². The van der Waals surface area contributed by atoms with E-state index in [-0.39, 0.29) is 30.2 Å². The van der Waals surface area contributed by atoms with Gasteiger partial charge in [-0.05, 0) is 24.3 Å². The van der Waals surface area contributed by atoms with Crippen molar-refractivity contribution in [1.29, 1.82) is 0 Å². The quantitative estimate of drug-likeness (QED) is 0.567. The normalized spacial score (nSPS) is 11.2. The highest BCUT2D eigenvalue weighted by Gasteiger charge is 2.21. The number of nitrogens with zero attached hydrogens (tertiary/aromatic N) is 4. The number of hydrogen-bond donors (Lipinski definition) is 2. The number of anilines is 2. The molecule has 164 valence electrons. The second-order valence-electron chi connectivity index (χ2n) is 8.01. The van der Waals surface area contributed by atoms with Crippen LogP contribution in [0.4, 0.5) is 11.4 Å². The number of carbonyl (C=O) groups is 2. The third-order valence-corrected chi connectivity index (χ3v) is 4.30. The highest BCUT2D eigenvalue weighted by atomic mass is 16.5. The summed E-state index contributed by atoms with van der Waals surface area (Å²) in [5, 5.41) is 13.6. The van der Waals surface area contributed by atoms with Crippen molar-refractivity contribution in [2.24, 2.45) is 0 Å². The first-order valence-corrected chi connectivity index (χ1v) is 9.82. The van der Waals surface area contributed by atoms with Crippen molar-refractivity contribution in [1.82, 2.24) is 19.9 Å². The van der Waals surface area contributed by atoms with E-state index in [0.29, 0.717) is 35.3 Å². The van der Waals surface area contributed by atoms with Gasteiger partial charge in [-0.15, -0.1) is 0 Å². The molecule has 31 heavy (non-hydrogen) atoms.